The Morgan fingerprint density at radius 3 is 2.54 bits per heavy atom. The van der Waals surface area contributed by atoms with Crippen LogP contribution in [0.2, 0.25) is 5.02 Å². The summed E-state index contributed by atoms with van der Waals surface area (Å²) in [5.74, 6) is 0.469. The first-order valence-corrected chi connectivity index (χ1v) is 7.94. The van der Waals surface area contributed by atoms with E-state index in [9.17, 15) is 9.18 Å². The maximum Gasteiger partial charge on any atom is 0.256 e. The summed E-state index contributed by atoms with van der Waals surface area (Å²) in [6.45, 7) is 0. The highest BCUT2D eigenvalue weighted by molar-refractivity contribution is 6.31. The first kappa shape index (κ1) is 17.6. The molecule has 0 radical (unpaired) electrons. The zero-order valence-electron chi connectivity index (χ0n) is 13.7. The molecule has 0 atom stereocenters. The van der Waals surface area contributed by atoms with Crippen molar-refractivity contribution in [3.8, 4) is 5.75 Å². The van der Waals surface area contributed by atoms with Gasteiger partial charge in [0.05, 0.1) is 12.1 Å². The standard InChI is InChI=1S/C18H14ClFN4O2/c1-26-13-4-2-3-11(9-13)18(25)22-17-8-7-16(23-24-17)21-12-5-6-15(20)14(19)10-12/h2-10H,1H3,(H,21,23)(H,22,24,25). The molecule has 132 valence electrons. The quantitative estimate of drug-likeness (QED) is 0.699. The number of carbonyl (C=O) groups is 1. The molecule has 0 bridgehead atoms. The normalized spacial score (nSPS) is 10.3. The number of hydrogen-bond acceptors (Lipinski definition) is 5. The zero-order chi connectivity index (χ0) is 18.5. The molecule has 1 aromatic heterocycles. The fourth-order valence-corrected chi connectivity index (χ4v) is 2.32. The number of hydrogen-bond donors (Lipinski definition) is 2. The van der Waals surface area contributed by atoms with Crippen LogP contribution < -0.4 is 15.4 Å². The Balaban J connectivity index is 1.67. The molecule has 3 aromatic rings. The van der Waals surface area contributed by atoms with Crippen LogP contribution in [0.25, 0.3) is 0 Å². The number of carbonyl (C=O) groups excluding carboxylic acids is 1. The van der Waals surface area contributed by atoms with Crippen molar-refractivity contribution in [2.45, 2.75) is 0 Å². The van der Waals surface area contributed by atoms with Gasteiger partial charge in [0.25, 0.3) is 5.91 Å². The van der Waals surface area contributed by atoms with E-state index in [0.29, 0.717) is 28.6 Å². The number of methoxy groups -OCH3 is 1. The molecule has 2 N–H and O–H groups in total. The molecular weight excluding hydrogens is 359 g/mol. The third-order valence-electron chi connectivity index (χ3n) is 3.43. The molecule has 1 heterocycles. The molecule has 6 nitrogen and oxygen atoms in total. The molecule has 0 aliphatic heterocycles. The number of ether oxygens (including phenoxy) is 1. The van der Waals surface area contributed by atoms with Crippen molar-refractivity contribution < 1.29 is 13.9 Å². The third-order valence-corrected chi connectivity index (χ3v) is 3.72. The molecule has 0 unspecified atom stereocenters. The van der Waals surface area contributed by atoms with E-state index in [1.54, 1.807) is 36.4 Å². The van der Waals surface area contributed by atoms with E-state index < -0.39 is 5.82 Å². The van der Waals surface area contributed by atoms with Crippen molar-refractivity contribution in [1.29, 1.82) is 0 Å². The molecular formula is C18H14ClFN4O2. The average molecular weight is 373 g/mol. The van der Waals surface area contributed by atoms with Crippen molar-refractivity contribution in [3.05, 3.63) is 71.0 Å². The molecule has 0 saturated carbocycles. The summed E-state index contributed by atoms with van der Waals surface area (Å²) in [5.41, 5.74) is 1.01. The largest absolute Gasteiger partial charge is 0.497 e. The highest BCUT2D eigenvalue weighted by Gasteiger charge is 2.09. The first-order chi connectivity index (χ1) is 12.5. The number of anilines is 3. The van der Waals surface area contributed by atoms with Crippen LogP contribution >= 0.6 is 11.6 Å². The SMILES string of the molecule is COc1cccc(C(=O)Nc2ccc(Nc3ccc(F)c(Cl)c3)nn2)c1. The molecule has 0 aliphatic carbocycles. The van der Waals surface area contributed by atoms with Gasteiger partial charge >= 0.3 is 0 Å². The lowest BCUT2D eigenvalue weighted by Crippen LogP contribution is -2.13. The van der Waals surface area contributed by atoms with Gasteiger partial charge in [-0.1, -0.05) is 17.7 Å². The van der Waals surface area contributed by atoms with E-state index in [2.05, 4.69) is 20.8 Å². The van der Waals surface area contributed by atoms with Crippen molar-refractivity contribution in [3.63, 3.8) is 0 Å². The Bertz CT molecular complexity index is 935. The van der Waals surface area contributed by atoms with Crippen LogP contribution in [0.5, 0.6) is 5.75 Å². The number of nitrogens with one attached hydrogen (secondary N) is 2. The maximum atomic E-state index is 13.2. The van der Waals surface area contributed by atoms with Crippen LogP contribution in [-0.2, 0) is 0 Å². The minimum atomic E-state index is -0.501. The van der Waals surface area contributed by atoms with E-state index in [4.69, 9.17) is 16.3 Å². The van der Waals surface area contributed by atoms with Crippen molar-refractivity contribution in [2.24, 2.45) is 0 Å². The first-order valence-electron chi connectivity index (χ1n) is 7.56. The molecule has 0 spiro atoms. The van der Waals surface area contributed by atoms with Crippen LogP contribution in [0.4, 0.5) is 21.7 Å². The van der Waals surface area contributed by atoms with E-state index >= 15 is 0 Å². The summed E-state index contributed by atoms with van der Waals surface area (Å²) in [6.07, 6.45) is 0. The Labute approximate surface area is 154 Å². The Morgan fingerprint density at radius 2 is 1.85 bits per heavy atom. The fourth-order valence-electron chi connectivity index (χ4n) is 2.14. The van der Waals surface area contributed by atoms with Crippen LogP contribution in [0.15, 0.2) is 54.6 Å². The van der Waals surface area contributed by atoms with Crippen LogP contribution in [0.1, 0.15) is 10.4 Å². The van der Waals surface area contributed by atoms with E-state index in [-0.39, 0.29) is 10.9 Å². The fraction of sp³-hybridized carbons (Fsp3) is 0.0556. The van der Waals surface area contributed by atoms with Gasteiger partial charge in [-0.2, -0.15) is 0 Å². The summed E-state index contributed by atoms with van der Waals surface area (Å²) in [5, 5.41) is 13.5. The van der Waals surface area contributed by atoms with Crippen LogP contribution in [-0.4, -0.2) is 23.2 Å². The lowest BCUT2D eigenvalue weighted by molar-refractivity contribution is 0.102. The summed E-state index contributed by atoms with van der Waals surface area (Å²) in [4.78, 5) is 12.2. The predicted molar refractivity (Wildman–Crippen MR) is 97.7 cm³/mol. The number of rotatable bonds is 5. The maximum absolute atomic E-state index is 13.2. The number of benzene rings is 2. The molecule has 0 aliphatic rings. The topological polar surface area (TPSA) is 76.1 Å². The van der Waals surface area contributed by atoms with E-state index in [0.717, 1.165) is 0 Å². The minimum absolute atomic E-state index is 0.00475. The van der Waals surface area contributed by atoms with Gasteiger partial charge in [-0.05, 0) is 48.5 Å². The van der Waals surface area contributed by atoms with Crippen LogP contribution in [0, 0.1) is 5.82 Å². The molecule has 2 aromatic carbocycles. The van der Waals surface area contributed by atoms with Gasteiger partial charge in [0, 0.05) is 11.3 Å². The summed E-state index contributed by atoms with van der Waals surface area (Å²) in [7, 11) is 1.53. The second-order valence-electron chi connectivity index (χ2n) is 5.24. The molecule has 3 rings (SSSR count). The van der Waals surface area contributed by atoms with E-state index in [1.807, 2.05) is 0 Å². The smallest absolute Gasteiger partial charge is 0.256 e. The van der Waals surface area contributed by atoms with Crippen molar-refractivity contribution >= 4 is 34.8 Å². The number of amides is 1. The van der Waals surface area contributed by atoms with Gasteiger partial charge in [-0.15, -0.1) is 10.2 Å². The highest BCUT2D eigenvalue weighted by Crippen LogP contribution is 2.22. The van der Waals surface area contributed by atoms with E-state index in [1.165, 1.54) is 25.3 Å². The molecule has 8 heteroatoms. The monoisotopic (exact) mass is 372 g/mol. The van der Waals surface area contributed by atoms with Crippen molar-refractivity contribution in [2.75, 3.05) is 17.7 Å². The Kier molecular flexibility index (Phi) is 5.28. The second kappa shape index (κ2) is 7.79. The summed E-state index contributed by atoms with van der Waals surface area (Å²) < 4.78 is 18.3. The van der Waals surface area contributed by atoms with Gasteiger partial charge in [-0.25, -0.2) is 4.39 Å². The number of halogens is 2. The lowest BCUT2D eigenvalue weighted by Gasteiger charge is -2.08. The predicted octanol–water partition coefficient (Wildman–Crippen LogP) is 4.27. The molecule has 1 amide bonds. The van der Waals surface area contributed by atoms with Crippen LogP contribution in [0.3, 0.4) is 0 Å². The molecule has 26 heavy (non-hydrogen) atoms. The third kappa shape index (κ3) is 4.25. The second-order valence-corrected chi connectivity index (χ2v) is 5.65. The van der Waals surface area contributed by atoms with Gasteiger partial charge in [0.1, 0.15) is 11.6 Å². The molecule has 0 saturated heterocycles. The van der Waals surface area contributed by atoms with Gasteiger partial charge in [0.15, 0.2) is 11.6 Å². The van der Waals surface area contributed by atoms with Gasteiger partial charge in [0.2, 0.25) is 0 Å². The highest BCUT2D eigenvalue weighted by atomic mass is 35.5. The van der Waals surface area contributed by atoms with Crippen molar-refractivity contribution in [1.82, 2.24) is 10.2 Å². The number of nitrogens with zero attached hydrogens (tertiary/aromatic N) is 2. The van der Waals surface area contributed by atoms with Gasteiger partial charge in [-0.3, -0.25) is 4.79 Å². The summed E-state index contributed by atoms with van der Waals surface area (Å²) >= 11 is 5.73. The minimum Gasteiger partial charge on any atom is -0.497 e. The zero-order valence-corrected chi connectivity index (χ0v) is 14.4. The summed E-state index contributed by atoms with van der Waals surface area (Å²) in [6, 6.07) is 14.2. The van der Waals surface area contributed by atoms with Gasteiger partial charge < -0.3 is 15.4 Å². The average Bonchev–Trinajstić information content (AvgIpc) is 2.66. The number of aromatic nitrogens is 2. The molecule has 0 fully saturated rings. The lowest BCUT2D eigenvalue weighted by atomic mass is 10.2. The Morgan fingerprint density at radius 1 is 1.08 bits per heavy atom. The Hall–Kier alpha value is -3.19.